The first kappa shape index (κ1) is 12.3. The number of rotatable bonds is 6. The van der Waals surface area contributed by atoms with Gasteiger partial charge in [-0.1, -0.05) is 19.8 Å². The van der Waals surface area contributed by atoms with E-state index in [-0.39, 0.29) is 0 Å². The minimum absolute atomic E-state index is 0.774. The summed E-state index contributed by atoms with van der Waals surface area (Å²) in [5.41, 5.74) is 0. The standard InChI is InChI=1S/C11H23ClN2/c1-2-3-4-6-13-8-10-14(7-5-12)11-9-13/h2-11H2,1H3. The Morgan fingerprint density at radius 1 is 0.929 bits per heavy atom. The van der Waals surface area contributed by atoms with Crippen LogP contribution in [0.1, 0.15) is 26.2 Å². The highest BCUT2D eigenvalue weighted by molar-refractivity contribution is 6.18. The minimum atomic E-state index is 0.774. The van der Waals surface area contributed by atoms with E-state index >= 15 is 0 Å². The molecule has 2 nitrogen and oxygen atoms in total. The molecule has 84 valence electrons. The van der Waals surface area contributed by atoms with Crippen molar-refractivity contribution in [3.63, 3.8) is 0 Å². The van der Waals surface area contributed by atoms with Gasteiger partial charge in [0.15, 0.2) is 0 Å². The third-order valence-electron chi connectivity index (χ3n) is 2.94. The zero-order valence-electron chi connectivity index (χ0n) is 9.34. The molecule has 0 atom stereocenters. The fourth-order valence-corrected chi connectivity index (χ4v) is 2.18. The molecule has 1 heterocycles. The van der Waals surface area contributed by atoms with Gasteiger partial charge in [0.25, 0.3) is 0 Å². The van der Waals surface area contributed by atoms with Gasteiger partial charge in [-0.15, -0.1) is 11.6 Å². The summed E-state index contributed by atoms with van der Waals surface area (Å²) in [6, 6.07) is 0. The predicted molar refractivity (Wildman–Crippen MR) is 63.1 cm³/mol. The molecule has 0 aromatic carbocycles. The lowest BCUT2D eigenvalue weighted by molar-refractivity contribution is 0.136. The van der Waals surface area contributed by atoms with Crippen LogP contribution in [0.25, 0.3) is 0 Å². The summed E-state index contributed by atoms with van der Waals surface area (Å²) >= 11 is 5.72. The van der Waals surface area contributed by atoms with E-state index in [1.165, 1.54) is 52.0 Å². The number of hydrogen-bond acceptors (Lipinski definition) is 2. The van der Waals surface area contributed by atoms with Crippen molar-refractivity contribution in [1.82, 2.24) is 9.80 Å². The monoisotopic (exact) mass is 218 g/mol. The smallest absolute Gasteiger partial charge is 0.0351 e. The topological polar surface area (TPSA) is 6.48 Å². The molecule has 1 saturated heterocycles. The molecule has 1 aliphatic rings. The van der Waals surface area contributed by atoms with E-state index in [4.69, 9.17) is 11.6 Å². The number of alkyl halides is 1. The van der Waals surface area contributed by atoms with Crippen molar-refractivity contribution in [2.24, 2.45) is 0 Å². The average molecular weight is 219 g/mol. The molecular weight excluding hydrogens is 196 g/mol. The van der Waals surface area contributed by atoms with Crippen LogP contribution in [0.5, 0.6) is 0 Å². The maximum atomic E-state index is 5.72. The maximum absolute atomic E-state index is 5.72. The molecule has 0 radical (unpaired) electrons. The van der Waals surface area contributed by atoms with Crippen LogP contribution in [0.3, 0.4) is 0 Å². The van der Waals surface area contributed by atoms with E-state index < -0.39 is 0 Å². The number of piperazine rings is 1. The van der Waals surface area contributed by atoms with Crippen molar-refractivity contribution < 1.29 is 0 Å². The molecule has 0 unspecified atom stereocenters. The quantitative estimate of drug-likeness (QED) is 0.497. The van der Waals surface area contributed by atoms with E-state index in [0.717, 1.165) is 12.4 Å². The van der Waals surface area contributed by atoms with Crippen molar-refractivity contribution in [3.05, 3.63) is 0 Å². The highest BCUT2D eigenvalue weighted by Crippen LogP contribution is 2.04. The summed E-state index contributed by atoms with van der Waals surface area (Å²) in [5.74, 6) is 0.774. The lowest BCUT2D eigenvalue weighted by Gasteiger charge is -2.34. The Bertz CT molecular complexity index is 133. The summed E-state index contributed by atoms with van der Waals surface area (Å²) in [5, 5.41) is 0. The molecule has 1 rings (SSSR count). The Kier molecular flexibility index (Phi) is 6.57. The van der Waals surface area contributed by atoms with Crippen LogP contribution >= 0.6 is 11.6 Å². The van der Waals surface area contributed by atoms with Gasteiger partial charge >= 0.3 is 0 Å². The van der Waals surface area contributed by atoms with Crippen molar-refractivity contribution in [3.8, 4) is 0 Å². The van der Waals surface area contributed by atoms with Gasteiger partial charge in [0.2, 0.25) is 0 Å². The second-order valence-corrected chi connectivity index (χ2v) is 4.46. The predicted octanol–water partition coefficient (Wildman–Crippen LogP) is 2.03. The Balaban J connectivity index is 2.03. The third kappa shape index (κ3) is 4.63. The van der Waals surface area contributed by atoms with Crippen molar-refractivity contribution in [2.75, 3.05) is 45.1 Å². The normalized spacial score (nSPS) is 20.1. The van der Waals surface area contributed by atoms with Crippen LogP contribution in [0.4, 0.5) is 0 Å². The highest BCUT2D eigenvalue weighted by atomic mass is 35.5. The van der Waals surface area contributed by atoms with E-state index in [1.54, 1.807) is 0 Å². The number of unbranched alkanes of at least 4 members (excludes halogenated alkanes) is 2. The van der Waals surface area contributed by atoms with Gasteiger partial charge in [-0.05, 0) is 13.0 Å². The van der Waals surface area contributed by atoms with E-state index in [2.05, 4.69) is 16.7 Å². The fraction of sp³-hybridized carbons (Fsp3) is 1.00. The van der Waals surface area contributed by atoms with E-state index in [1.807, 2.05) is 0 Å². The lowest BCUT2D eigenvalue weighted by atomic mass is 10.2. The van der Waals surface area contributed by atoms with E-state index in [0.29, 0.717) is 0 Å². The van der Waals surface area contributed by atoms with Gasteiger partial charge in [-0.2, -0.15) is 0 Å². The summed E-state index contributed by atoms with van der Waals surface area (Å²) in [7, 11) is 0. The molecular formula is C11H23ClN2. The van der Waals surface area contributed by atoms with Gasteiger partial charge in [0.1, 0.15) is 0 Å². The van der Waals surface area contributed by atoms with Crippen LogP contribution in [0.2, 0.25) is 0 Å². The Hall–Kier alpha value is 0.210. The molecule has 0 aliphatic carbocycles. The van der Waals surface area contributed by atoms with Gasteiger partial charge in [-0.3, -0.25) is 4.90 Å². The molecule has 0 spiro atoms. The lowest BCUT2D eigenvalue weighted by Crippen LogP contribution is -2.47. The van der Waals surface area contributed by atoms with Gasteiger partial charge in [0, 0.05) is 38.6 Å². The first-order valence-electron chi connectivity index (χ1n) is 5.87. The van der Waals surface area contributed by atoms with Crippen LogP contribution < -0.4 is 0 Å². The second-order valence-electron chi connectivity index (χ2n) is 4.08. The molecule has 0 bridgehead atoms. The van der Waals surface area contributed by atoms with E-state index in [9.17, 15) is 0 Å². The summed E-state index contributed by atoms with van der Waals surface area (Å²) in [4.78, 5) is 5.05. The Morgan fingerprint density at radius 3 is 2.00 bits per heavy atom. The van der Waals surface area contributed by atoms with Crippen LogP contribution in [-0.2, 0) is 0 Å². The third-order valence-corrected chi connectivity index (χ3v) is 3.11. The molecule has 0 aromatic rings. The zero-order chi connectivity index (χ0) is 10.2. The Labute approximate surface area is 93.2 Å². The zero-order valence-corrected chi connectivity index (χ0v) is 10.1. The molecule has 0 aromatic heterocycles. The highest BCUT2D eigenvalue weighted by Gasteiger charge is 2.15. The van der Waals surface area contributed by atoms with Crippen molar-refractivity contribution >= 4 is 11.6 Å². The molecule has 0 saturated carbocycles. The van der Waals surface area contributed by atoms with Crippen LogP contribution in [-0.4, -0.2) is 54.9 Å². The fourth-order valence-electron chi connectivity index (χ4n) is 1.94. The van der Waals surface area contributed by atoms with Crippen LogP contribution in [0.15, 0.2) is 0 Å². The largest absolute Gasteiger partial charge is 0.301 e. The van der Waals surface area contributed by atoms with Crippen molar-refractivity contribution in [1.29, 1.82) is 0 Å². The number of halogens is 1. The first-order chi connectivity index (χ1) is 6.86. The number of nitrogens with zero attached hydrogens (tertiary/aromatic N) is 2. The Morgan fingerprint density at radius 2 is 1.50 bits per heavy atom. The van der Waals surface area contributed by atoms with Gasteiger partial charge < -0.3 is 4.90 Å². The molecule has 0 N–H and O–H groups in total. The molecule has 14 heavy (non-hydrogen) atoms. The molecule has 1 aliphatic heterocycles. The van der Waals surface area contributed by atoms with Crippen molar-refractivity contribution in [2.45, 2.75) is 26.2 Å². The maximum Gasteiger partial charge on any atom is 0.0351 e. The summed E-state index contributed by atoms with van der Waals surface area (Å²) in [6.07, 6.45) is 4.07. The second kappa shape index (κ2) is 7.49. The van der Waals surface area contributed by atoms with Gasteiger partial charge in [-0.25, -0.2) is 0 Å². The number of hydrogen-bond donors (Lipinski definition) is 0. The first-order valence-corrected chi connectivity index (χ1v) is 6.41. The minimum Gasteiger partial charge on any atom is -0.301 e. The molecule has 1 fully saturated rings. The summed E-state index contributed by atoms with van der Waals surface area (Å²) < 4.78 is 0. The molecule has 3 heteroatoms. The average Bonchev–Trinajstić information content (AvgIpc) is 2.21. The molecule has 0 amide bonds. The van der Waals surface area contributed by atoms with Crippen LogP contribution in [0, 0.1) is 0 Å². The SMILES string of the molecule is CCCCCN1CCN(CCCl)CC1. The summed E-state index contributed by atoms with van der Waals surface area (Å²) in [6.45, 7) is 9.50. The van der Waals surface area contributed by atoms with Gasteiger partial charge in [0.05, 0.1) is 0 Å².